The van der Waals surface area contributed by atoms with Crippen LogP contribution in [0.15, 0.2) is 20.7 Å². The maximum atomic E-state index is 11.9. The Morgan fingerprint density at radius 2 is 2.35 bits per heavy atom. The van der Waals surface area contributed by atoms with Gasteiger partial charge in [-0.2, -0.15) is 0 Å². The third kappa shape index (κ3) is 2.02. The summed E-state index contributed by atoms with van der Waals surface area (Å²) in [4.78, 5) is 20.2. The van der Waals surface area contributed by atoms with E-state index in [0.29, 0.717) is 5.82 Å². The van der Waals surface area contributed by atoms with Gasteiger partial charge < -0.3 is 10.3 Å². The Morgan fingerprint density at radius 1 is 1.47 bits per heavy atom. The lowest BCUT2D eigenvalue weighted by Crippen LogP contribution is -2.23. The average molecular weight is 312 g/mol. The molecule has 1 aliphatic heterocycles. The number of H-pyrrole nitrogens is 1. The summed E-state index contributed by atoms with van der Waals surface area (Å²) < 4.78 is 1.01. The zero-order chi connectivity index (χ0) is 11.8. The van der Waals surface area contributed by atoms with Crippen molar-refractivity contribution in [3.63, 3.8) is 0 Å². The highest BCUT2D eigenvalue weighted by atomic mass is 79.9. The van der Waals surface area contributed by atoms with Gasteiger partial charge in [-0.05, 0) is 34.8 Å². The van der Waals surface area contributed by atoms with E-state index in [1.807, 2.05) is 11.4 Å². The lowest BCUT2D eigenvalue weighted by atomic mass is 10.1. The van der Waals surface area contributed by atoms with E-state index in [0.717, 1.165) is 40.1 Å². The van der Waals surface area contributed by atoms with E-state index in [4.69, 9.17) is 0 Å². The predicted octanol–water partition coefficient (Wildman–Crippen LogP) is 2.62. The Morgan fingerprint density at radius 3 is 3.12 bits per heavy atom. The van der Waals surface area contributed by atoms with Crippen molar-refractivity contribution in [1.82, 2.24) is 9.97 Å². The number of hydrogen-bond donors (Lipinski definition) is 2. The van der Waals surface area contributed by atoms with E-state index in [9.17, 15) is 4.79 Å². The Balaban J connectivity index is 2.13. The fourth-order valence-electron chi connectivity index (χ4n) is 1.90. The maximum absolute atomic E-state index is 11.9. The molecule has 0 saturated heterocycles. The largest absolute Gasteiger partial charge is 0.370 e. The standard InChI is InChI=1S/C11H10BrN3OS/c12-6-4-8(17-5-6)10-14-9-7(11(16)15-10)2-1-3-13-9/h4-5H,1-3H2,(H2,13,14,15,16). The highest BCUT2D eigenvalue weighted by Gasteiger charge is 2.16. The summed E-state index contributed by atoms with van der Waals surface area (Å²) >= 11 is 4.95. The van der Waals surface area contributed by atoms with Crippen molar-refractivity contribution in [3.8, 4) is 10.7 Å². The molecule has 0 aliphatic carbocycles. The van der Waals surface area contributed by atoms with Crippen LogP contribution in [0.1, 0.15) is 12.0 Å². The molecule has 0 spiro atoms. The van der Waals surface area contributed by atoms with Gasteiger partial charge in [0.1, 0.15) is 5.82 Å². The number of aromatic nitrogens is 2. The molecule has 2 aromatic rings. The van der Waals surface area contributed by atoms with Crippen molar-refractivity contribution < 1.29 is 0 Å². The summed E-state index contributed by atoms with van der Waals surface area (Å²) in [5.41, 5.74) is 0.748. The summed E-state index contributed by atoms with van der Waals surface area (Å²) in [6, 6.07) is 1.96. The number of nitrogens with one attached hydrogen (secondary N) is 2. The number of halogens is 1. The lowest BCUT2D eigenvalue weighted by Gasteiger charge is -2.16. The van der Waals surface area contributed by atoms with Crippen LogP contribution in [0.25, 0.3) is 10.7 Å². The summed E-state index contributed by atoms with van der Waals surface area (Å²) in [6.07, 6.45) is 1.79. The van der Waals surface area contributed by atoms with Crippen molar-refractivity contribution in [3.05, 3.63) is 31.8 Å². The van der Waals surface area contributed by atoms with Crippen LogP contribution in [-0.4, -0.2) is 16.5 Å². The second-order valence-electron chi connectivity index (χ2n) is 3.90. The van der Waals surface area contributed by atoms with Gasteiger partial charge in [-0.25, -0.2) is 4.98 Å². The molecule has 0 radical (unpaired) electrons. The van der Waals surface area contributed by atoms with Gasteiger partial charge in [-0.15, -0.1) is 11.3 Å². The van der Waals surface area contributed by atoms with Crippen molar-refractivity contribution in [2.24, 2.45) is 0 Å². The first-order chi connectivity index (χ1) is 8.24. The number of thiophene rings is 1. The predicted molar refractivity (Wildman–Crippen MR) is 72.7 cm³/mol. The van der Waals surface area contributed by atoms with Gasteiger partial charge in [-0.3, -0.25) is 4.79 Å². The van der Waals surface area contributed by atoms with Crippen LogP contribution in [0, 0.1) is 0 Å². The molecule has 0 fully saturated rings. The van der Waals surface area contributed by atoms with Crippen molar-refractivity contribution in [2.75, 3.05) is 11.9 Å². The van der Waals surface area contributed by atoms with E-state index in [1.165, 1.54) is 0 Å². The Bertz CT molecular complexity index is 619. The summed E-state index contributed by atoms with van der Waals surface area (Å²) in [5, 5.41) is 5.16. The highest BCUT2D eigenvalue weighted by molar-refractivity contribution is 9.10. The van der Waals surface area contributed by atoms with Gasteiger partial charge >= 0.3 is 0 Å². The fraction of sp³-hybridized carbons (Fsp3) is 0.273. The van der Waals surface area contributed by atoms with Crippen molar-refractivity contribution in [1.29, 1.82) is 0 Å². The Labute approximate surface area is 110 Å². The molecule has 0 amide bonds. The number of anilines is 1. The lowest BCUT2D eigenvalue weighted by molar-refractivity contribution is 0.800. The molecule has 4 nitrogen and oxygen atoms in total. The van der Waals surface area contributed by atoms with Gasteiger partial charge in [0.15, 0.2) is 5.82 Å². The molecule has 17 heavy (non-hydrogen) atoms. The first-order valence-electron chi connectivity index (χ1n) is 5.35. The molecule has 0 aromatic carbocycles. The van der Waals surface area contributed by atoms with E-state index < -0.39 is 0 Å². The van der Waals surface area contributed by atoms with E-state index >= 15 is 0 Å². The van der Waals surface area contributed by atoms with E-state index in [-0.39, 0.29) is 5.56 Å². The first-order valence-corrected chi connectivity index (χ1v) is 7.03. The van der Waals surface area contributed by atoms with Crippen LogP contribution >= 0.6 is 27.3 Å². The van der Waals surface area contributed by atoms with Crippen LogP contribution in [0.3, 0.4) is 0 Å². The van der Waals surface area contributed by atoms with Crippen LogP contribution in [-0.2, 0) is 6.42 Å². The molecule has 0 bridgehead atoms. The average Bonchev–Trinajstić information content (AvgIpc) is 2.76. The molecule has 1 aliphatic rings. The van der Waals surface area contributed by atoms with Gasteiger partial charge in [0.05, 0.1) is 10.4 Å². The quantitative estimate of drug-likeness (QED) is 0.851. The van der Waals surface area contributed by atoms with Gasteiger partial charge in [-0.1, -0.05) is 0 Å². The Hall–Kier alpha value is -1.14. The van der Waals surface area contributed by atoms with Gasteiger partial charge in [0.25, 0.3) is 5.56 Å². The third-order valence-corrected chi connectivity index (χ3v) is 4.41. The number of aromatic amines is 1. The highest BCUT2D eigenvalue weighted by Crippen LogP contribution is 2.28. The second-order valence-corrected chi connectivity index (χ2v) is 5.73. The summed E-state index contributed by atoms with van der Waals surface area (Å²) in [5.74, 6) is 1.37. The maximum Gasteiger partial charge on any atom is 0.256 e. The third-order valence-electron chi connectivity index (χ3n) is 2.71. The number of hydrogen-bond acceptors (Lipinski definition) is 4. The molecule has 6 heteroatoms. The monoisotopic (exact) mass is 311 g/mol. The molecular formula is C11H10BrN3OS. The topological polar surface area (TPSA) is 57.8 Å². The molecular weight excluding hydrogens is 302 g/mol. The molecule has 2 aromatic heterocycles. The second kappa shape index (κ2) is 4.27. The molecule has 2 N–H and O–H groups in total. The molecule has 0 unspecified atom stereocenters. The first kappa shape index (κ1) is 11.0. The number of nitrogens with zero attached hydrogens (tertiary/aromatic N) is 1. The molecule has 0 atom stereocenters. The Kier molecular flexibility index (Phi) is 2.76. The zero-order valence-electron chi connectivity index (χ0n) is 8.92. The molecule has 3 rings (SSSR count). The van der Waals surface area contributed by atoms with Crippen molar-refractivity contribution >= 4 is 33.1 Å². The molecule has 3 heterocycles. The van der Waals surface area contributed by atoms with E-state index in [1.54, 1.807) is 11.3 Å². The number of rotatable bonds is 1. The van der Waals surface area contributed by atoms with Crippen LogP contribution in [0.2, 0.25) is 0 Å². The summed E-state index contributed by atoms with van der Waals surface area (Å²) in [6.45, 7) is 0.886. The zero-order valence-corrected chi connectivity index (χ0v) is 11.3. The van der Waals surface area contributed by atoms with Crippen LogP contribution < -0.4 is 10.9 Å². The molecule has 88 valence electrons. The fourth-order valence-corrected chi connectivity index (χ4v) is 3.27. The van der Waals surface area contributed by atoms with Crippen LogP contribution in [0.5, 0.6) is 0 Å². The summed E-state index contributed by atoms with van der Waals surface area (Å²) in [7, 11) is 0. The normalized spacial score (nSPS) is 14.2. The van der Waals surface area contributed by atoms with Gasteiger partial charge in [0, 0.05) is 16.4 Å². The molecule has 0 saturated carbocycles. The van der Waals surface area contributed by atoms with E-state index in [2.05, 4.69) is 31.2 Å². The minimum atomic E-state index is -0.0262. The van der Waals surface area contributed by atoms with Gasteiger partial charge in [0.2, 0.25) is 0 Å². The van der Waals surface area contributed by atoms with Crippen LogP contribution in [0.4, 0.5) is 5.82 Å². The minimum Gasteiger partial charge on any atom is -0.370 e. The SMILES string of the molecule is O=c1[nH]c(-c2cc(Br)cs2)nc2c1CCCN2. The smallest absolute Gasteiger partial charge is 0.256 e. The number of fused-ring (bicyclic) bond motifs is 1. The minimum absolute atomic E-state index is 0.0262. The van der Waals surface area contributed by atoms with Crippen molar-refractivity contribution in [2.45, 2.75) is 12.8 Å².